The molecule has 0 unspecified atom stereocenters. The van der Waals surface area contributed by atoms with Crippen LogP contribution in [0.5, 0.6) is 0 Å². The number of hydrogen-bond donors (Lipinski definition) is 0. The zero-order valence-corrected chi connectivity index (χ0v) is 18.8. The summed E-state index contributed by atoms with van der Waals surface area (Å²) in [6, 6.07) is 19.2. The third-order valence-corrected chi connectivity index (χ3v) is 7.08. The number of halogens is 1. The van der Waals surface area contributed by atoms with Crippen LogP contribution in [-0.4, -0.2) is 14.6 Å². The molecular formula is C27H27ClN2O. The number of rotatable bonds is 5. The summed E-state index contributed by atoms with van der Waals surface area (Å²) < 4.78 is 2.26. The molecule has 4 heteroatoms. The van der Waals surface area contributed by atoms with Crippen LogP contribution < -0.4 is 0 Å². The lowest BCUT2D eigenvalue weighted by atomic mass is 9.85. The van der Waals surface area contributed by atoms with Crippen LogP contribution in [0.2, 0.25) is 0 Å². The van der Waals surface area contributed by atoms with E-state index in [0.717, 1.165) is 36.2 Å². The molecule has 1 aliphatic carbocycles. The summed E-state index contributed by atoms with van der Waals surface area (Å²) in [5, 5.41) is 1.02. The zero-order valence-electron chi connectivity index (χ0n) is 18.1. The van der Waals surface area contributed by atoms with Crippen molar-refractivity contribution >= 4 is 33.4 Å². The van der Waals surface area contributed by atoms with Gasteiger partial charge in [-0.15, -0.1) is 0 Å². The Morgan fingerprint density at radius 2 is 1.81 bits per heavy atom. The Labute approximate surface area is 188 Å². The van der Waals surface area contributed by atoms with E-state index in [2.05, 4.69) is 72.8 Å². The van der Waals surface area contributed by atoms with Gasteiger partial charge in [-0.3, -0.25) is 9.20 Å². The van der Waals surface area contributed by atoms with E-state index >= 15 is 0 Å². The highest BCUT2D eigenvalue weighted by Crippen LogP contribution is 2.39. The molecule has 2 heterocycles. The average Bonchev–Trinajstić information content (AvgIpc) is 3.36. The van der Waals surface area contributed by atoms with Crippen molar-refractivity contribution in [1.82, 2.24) is 9.38 Å². The fraction of sp³-hybridized carbons (Fsp3) is 0.333. The molecule has 1 fully saturated rings. The smallest absolute Gasteiger partial charge is 0.229 e. The molecule has 158 valence electrons. The van der Waals surface area contributed by atoms with E-state index in [4.69, 9.17) is 16.6 Å². The van der Waals surface area contributed by atoms with Crippen LogP contribution in [0.4, 0.5) is 0 Å². The number of benzene rings is 2. The summed E-state index contributed by atoms with van der Waals surface area (Å²) in [5.74, 6) is 0.201. The monoisotopic (exact) mass is 430 g/mol. The maximum absolute atomic E-state index is 12.2. The average molecular weight is 431 g/mol. The number of carbonyl (C=O) groups is 1. The Morgan fingerprint density at radius 1 is 1.10 bits per heavy atom. The second-order valence-electron chi connectivity index (χ2n) is 8.94. The van der Waals surface area contributed by atoms with Crippen molar-refractivity contribution in [3.63, 3.8) is 0 Å². The summed E-state index contributed by atoms with van der Waals surface area (Å²) in [6.07, 6.45) is 5.39. The molecule has 1 aliphatic rings. The summed E-state index contributed by atoms with van der Waals surface area (Å²) in [6.45, 7) is 4.19. The van der Waals surface area contributed by atoms with E-state index in [9.17, 15) is 4.79 Å². The second-order valence-corrected chi connectivity index (χ2v) is 9.31. The van der Waals surface area contributed by atoms with Gasteiger partial charge in [0.05, 0.1) is 11.4 Å². The zero-order chi connectivity index (χ0) is 21.5. The molecule has 1 saturated carbocycles. The minimum absolute atomic E-state index is 0.179. The van der Waals surface area contributed by atoms with Crippen LogP contribution in [0, 0.1) is 19.8 Å². The molecule has 0 spiro atoms. The van der Waals surface area contributed by atoms with E-state index in [0.29, 0.717) is 5.92 Å². The molecule has 0 saturated heterocycles. The van der Waals surface area contributed by atoms with Crippen molar-refractivity contribution in [2.24, 2.45) is 5.92 Å². The van der Waals surface area contributed by atoms with Crippen molar-refractivity contribution in [1.29, 1.82) is 0 Å². The first kappa shape index (κ1) is 20.3. The first-order valence-corrected chi connectivity index (χ1v) is 11.5. The minimum atomic E-state index is -0.223. The van der Waals surface area contributed by atoms with Crippen LogP contribution in [0.15, 0.2) is 54.6 Å². The quantitative estimate of drug-likeness (QED) is 0.329. The number of para-hydroxylation sites is 1. The number of nitrogens with zero attached hydrogens (tertiary/aromatic N) is 2. The topological polar surface area (TPSA) is 34.4 Å². The van der Waals surface area contributed by atoms with Crippen LogP contribution >= 0.6 is 11.6 Å². The van der Waals surface area contributed by atoms with Gasteiger partial charge in [0.15, 0.2) is 0 Å². The number of aryl methyl sites for hydroxylation is 2. The first-order valence-electron chi connectivity index (χ1n) is 11.2. The van der Waals surface area contributed by atoms with Crippen molar-refractivity contribution in [3.05, 3.63) is 82.7 Å². The Hall–Kier alpha value is -2.65. The van der Waals surface area contributed by atoms with Crippen LogP contribution in [-0.2, 0) is 11.2 Å². The van der Waals surface area contributed by atoms with Gasteiger partial charge in [0.1, 0.15) is 5.65 Å². The molecule has 3 nitrogen and oxygen atoms in total. The lowest BCUT2D eigenvalue weighted by molar-refractivity contribution is -0.114. The van der Waals surface area contributed by atoms with Crippen LogP contribution in [0.1, 0.15) is 59.7 Å². The van der Waals surface area contributed by atoms with Crippen molar-refractivity contribution in [2.75, 3.05) is 0 Å². The molecular weight excluding hydrogens is 404 g/mol. The lowest BCUT2D eigenvalue weighted by Crippen LogP contribution is -2.16. The predicted octanol–water partition coefficient (Wildman–Crippen LogP) is 6.73. The maximum Gasteiger partial charge on any atom is 0.229 e. The van der Waals surface area contributed by atoms with Gasteiger partial charge in [-0.1, -0.05) is 55.3 Å². The number of fused-ring (bicyclic) bond motifs is 3. The molecule has 5 rings (SSSR count). The minimum Gasteiger partial charge on any atom is -0.298 e. The van der Waals surface area contributed by atoms with Crippen LogP contribution in [0.3, 0.4) is 0 Å². The lowest BCUT2D eigenvalue weighted by Gasteiger charge is -2.20. The van der Waals surface area contributed by atoms with Gasteiger partial charge in [0.2, 0.25) is 5.24 Å². The van der Waals surface area contributed by atoms with Gasteiger partial charge in [-0.2, -0.15) is 0 Å². The number of carbonyl (C=O) groups excluding carboxylic acids is 1. The fourth-order valence-corrected chi connectivity index (χ4v) is 5.74. The Kier molecular flexibility index (Phi) is 5.31. The molecule has 2 aromatic heterocycles. The number of aromatic nitrogens is 2. The molecule has 1 atom stereocenters. The van der Waals surface area contributed by atoms with Gasteiger partial charge in [0, 0.05) is 28.8 Å². The fourth-order valence-electron chi connectivity index (χ4n) is 5.43. The Bertz CT molecular complexity index is 1270. The van der Waals surface area contributed by atoms with Gasteiger partial charge >= 0.3 is 0 Å². The van der Waals surface area contributed by atoms with Gasteiger partial charge in [-0.05, 0) is 67.5 Å². The highest BCUT2D eigenvalue weighted by molar-refractivity contribution is 6.64. The van der Waals surface area contributed by atoms with E-state index in [1.54, 1.807) is 0 Å². The van der Waals surface area contributed by atoms with E-state index < -0.39 is 0 Å². The molecule has 0 N–H and O–H groups in total. The molecule has 2 aromatic carbocycles. The largest absolute Gasteiger partial charge is 0.298 e. The molecule has 4 aromatic rings. The van der Waals surface area contributed by atoms with Gasteiger partial charge in [-0.25, -0.2) is 4.98 Å². The summed E-state index contributed by atoms with van der Waals surface area (Å²) in [4.78, 5) is 17.1. The van der Waals surface area contributed by atoms with E-state index in [1.807, 2.05) is 0 Å². The van der Waals surface area contributed by atoms with Crippen LogP contribution in [0.25, 0.3) is 16.6 Å². The van der Waals surface area contributed by atoms with E-state index in [-0.39, 0.29) is 11.2 Å². The van der Waals surface area contributed by atoms with Gasteiger partial charge in [0.25, 0.3) is 0 Å². The number of hydrogen-bond acceptors (Lipinski definition) is 2. The van der Waals surface area contributed by atoms with Crippen molar-refractivity contribution in [2.45, 2.75) is 51.9 Å². The molecule has 0 bridgehead atoms. The molecule has 0 aliphatic heterocycles. The van der Waals surface area contributed by atoms with Gasteiger partial charge < -0.3 is 0 Å². The predicted molar refractivity (Wildman–Crippen MR) is 127 cm³/mol. The molecule has 0 amide bonds. The Morgan fingerprint density at radius 3 is 2.52 bits per heavy atom. The highest BCUT2D eigenvalue weighted by Gasteiger charge is 2.31. The third-order valence-electron chi connectivity index (χ3n) is 6.84. The molecule has 31 heavy (non-hydrogen) atoms. The second kappa shape index (κ2) is 8.12. The standard InChI is InChI=1S/C27H27ClN2O/c1-17-15-18(2)30-24-10-6-5-9-22(24)23(27(30)29-17)16-19-11-13-21(14-12-19)25(26(28)31)20-7-3-4-8-20/h5-6,9-15,20,25H,3-4,7-8,16H2,1-2H3/t25-/m0/s1. The third kappa shape index (κ3) is 3.65. The summed E-state index contributed by atoms with van der Waals surface area (Å²) >= 11 is 6.02. The summed E-state index contributed by atoms with van der Waals surface area (Å²) in [7, 11) is 0. The normalized spacial score (nSPS) is 15.7. The SMILES string of the molecule is Cc1cc(C)n2c(n1)c(Cc1ccc([C@@H](C(=O)Cl)C3CCCC3)cc1)c1ccccc12. The molecule has 0 radical (unpaired) electrons. The van der Waals surface area contributed by atoms with Crippen molar-refractivity contribution in [3.8, 4) is 0 Å². The summed E-state index contributed by atoms with van der Waals surface area (Å²) in [5.41, 5.74) is 7.97. The van der Waals surface area contributed by atoms with E-state index in [1.165, 1.54) is 40.6 Å². The Balaban J connectivity index is 1.53. The highest BCUT2D eigenvalue weighted by atomic mass is 35.5. The maximum atomic E-state index is 12.2. The van der Waals surface area contributed by atoms with Crippen molar-refractivity contribution < 1.29 is 4.79 Å². The first-order chi connectivity index (χ1) is 15.0.